The molecule has 2 aromatic rings. The van der Waals surface area contributed by atoms with Crippen LogP contribution in [0.3, 0.4) is 0 Å². The Hall–Kier alpha value is -1.30. The Kier molecular flexibility index (Phi) is 4.19. The van der Waals surface area contributed by atoms with E-state index in [0.717, 1.165) is 23.4 Å². The summed E-state index contributed by atoms with van der Waals surface area (Å²) >= 11 is 1.61. The predicted octanol–water partition coefficient (Wildman–Crippen LogP) is 1.90. The fraction of sp³-hybridized carbons (Fsp3) is 0.250. The van der Waals surface area contributed by atoms with Gasteiger partial charge in [-0.25, -0.2) is 9.37 Å². The molecule has 1 heterocycles. The van der Waals surface area contributed by atoms with Gasteiger partial charge in [0, 0.05) is 24.0 Å². The molecule has 2 rings (SSSR count). The summed E-state index contributed by atoms with van der Waals surface area (Å²) in [5, 5.41) is 3.00. The zero-order valence-electron chi connectivity index (χ0n) is 9.27. The molecule has 0 saturated carbocycles. The first-order chi connectivity index (χ1) is 8.28. The second kappa shape index (κ2) is 5.86. The van der Waals surface area contributed by atoms with Crippen molar-refractivity contribution in [1.29, 1.82) is 0 Å². The molecule has 0 aliphatic rings. The highest BCUT2D eigenvalue weighted by Gasteiger charge is 2.10. The van der Waals surface area contributed by atoms with E-state index in [1.165, 1.54) is 12.1 Å². The second-order valence-electron chi connectivity index (χ2n) is 3.82. The van der Waals surface area contributed by atoms with Gasteiger partial charge in [-0.15, -0.1) is 11.3 Å². The van der Waals surface area contributed by atoms with Crippen LogP contribution in [0, 0.1) is 5.82 Å². The van der Waals surface area contributed by atoms with E-state index in [1.807, 2.05) is 5.38 Å². The summed E-state index contributed by atoms with van der Waals surface area (Å²) in [4.78, 5) is 4.22. The van der Waals surface area contributed by atoms with Gasteiger partial charge in [0.05, 0.1) is 5.01 Å². The smallest absolute Gasteiger partial charge is 0.123 e. The van der Waals surface area contributed by atoms with E-state index in [4.69, 9.17) is 5.84 Å². The van der Waals surface area contributed by atoms with Crippen molar-refractivity contribution in [2.45, 2.75) is 18.9 Å². The van der Waals surface area contributed by atoms with Crippen LogP contribution in [0.4, 0.5) is 4.39 Å². The van der Waals surface area contributed by atoms with Crippen molar-refractivity contribution in [2.75, 3.05) is 0 Å². The highest BCUT2D eigenvalue weighted by atomic mass is 32.1. The Morgan fingerprint density at radius 3 is 2.65 bits per heavy atom. The predicted molar refractivity (Wildman–Crippen MR) is 67.0 cm³/mol. The first kappa shape index (κ1) is 12.2. The number of hydrazine groups is 1. The minimum atomic E-state index is -0.217. The van der Waals surface area contributed by atoms with E-state index in [2.05, 4.69) is 10.4 Å². The maximum absolute atomic E-state index is 12.8. The Balaban J connectivity index is 1.97. The molecule has 0 bridgehead atoms. The maximum Gasteiger partial charge on any atom is 0.123 e. The SMILES string of the molecule is NNC(Cc1ccc(F)cc1)Cc1nccs1. The number of nitrogens with zero attached hydrogens (tertiary/aromatic N) is 1. The van der Waals surface area contributed by atoms with Crippen LogP contribution >= 0.6 is 11.3 Å². The van der Waals surface area contributed by atoms with Gasteiger partial charge in [0.1, 0.15) is 5.82 Å². The molecule has 90 valence electrons. The Morgan fingerprint density at radius 2 is 2.06 bits per heavy atom. The van der Waals surface area contributed by atoms with Crippen LogP contribution in [-0.4, -0.2) is 11.0 Å². The minimum Gasteiger partial charge on any atom is -0.271 e. The van der Waals surface area contributed by atoms with E-state index in [0.29, 0.717) is 0 Å². The maximum atomic E-state index is 12.8. The summed E-state index contributed by atoms with van der Waals surface area (Å²) in [6.07, 6.45) is 3.33. The van der Waals surface area contributed by atoms with Crippen molar-refractivity contribution in [3.63, 3.8) is 0 Å². The molecule has 5 heteroatoms. The topological polar surface area (TPSA) is 50.9 Å². The first-order valence-electron chi connectivity index (χ1n) is 5.37. The van der Waals surface area contributed by atoms with E-state index in [-0.39, 0.29) is 11.9 Å². The third kappa shape index (κ3) is 3.59. The third-order valence-corrected chi connectivity index (χ3v) is 3.34. The summed E-state index contributed by atoms with van der Waals surface area (Å²) in [5.41, 5.74) is 3.84. The molecule has 3 N–H and O–H groups in total. The van der Waals surface area contributed by atoms with E-state index in [1.54, 1.807) is 29.7 Å². The fourth-order valence-electron chi connectivity index (χ4n) is 1.66. The molecule has 17 heavy (non-hydrogen) atoms. The number of rotatable bonds is 5. The van der Waals surface area contributed by atoms with Gasteiger partial charge in [-0.3, -0.25) is 11.3 Å². The first-order valence-corrected chi connectivity index (χ1v) is 6.25. The van der Waals surface area contributed by atoms with E-state index >= 15 is 0 Å². The molecule has 0 aliphatic heterocycles. The molecule has 3 nitrogen and oxygen atoms in total. The zero-order valence-corrected chi connectivity index (χ0v) is 10.1. The lowest BCUT2D eigenvalue weighted by molar-refractivity contribution is 0.521. The Morgan fingerprint density at radius 1 is 1.29 bits per heavy atom. The van der Waals surface area contributed by atoms with Crippen LogP contribution < -0.4 is 11.3 Å². The molecule has 0 amide bonds. The molecule has 0 radical (unpaired) electrons. The average molecular weight is 251 g/mol. The van der Waals surface area contributed by atoms with Gasteiger partial charge in [0.15, 0.2) is 0 Å². The highest BCUT2D eigenvalue weighted by molar-refractivity contribution is 7.09. The standard InChI is InChI=1S/C12H14FN3S/c13-10-3-1-9(2-4-10)7-11(16-14)8-12-15-5-6-17-12/h1-6,11,16H,7-8,14H2. The lowest BCUT2D eigenvalue weighted by Gasteiger charge is -2.14. The van der Waals surface area contributed by atoms with Crippen LogP contribution in [0.5, 0.6) is 0 Å². The Bertz CT molecular complexity index is 441. The molecule has 0 aliphatic carbocycles. The molecule has 0 saturated heterocycles. The monoisotopic (exact) mass is 251 g/mol. The number of hydrogen-bond acceptors (Lipinski definition) is 4. The van der Waals surface area contributed by atoms with Crippen molar-refractivity contribution in [2.24, 2.45) is 5.84 Å². The van der Waals surface area contributed by atoms with Gasteiger partial charge >= 0.3 is 0 Å². The van der Waals surface area contributed by atoms with Gasteiger partial charge in [-0.05, 0) is 24.1 Å². The van der Waals surface area contributed by atoms with Crippen LogP contribution in [0.1, 0.15) is 10.6 Å². The van der Waals surface area contributed by atoms with E-state index in [9.17, 15) is 4.39 Å². The van der Waals surface area contributed by atoms with Gasteiger partial charge < -0.3 is 0 Å². The zero-order chi connectivity index (χ0) is 12.1. The Labute approximate surface area is 103 Å². The van der Waals surface area contributed by atoms with Gasteiger partial charge in [-0.1, -0.05) is 12.1 Å². The number of aromatic nitrogens is 1. The van der Waals surface area contributed by atoms with E-state index < -0.39 is 0 Å². The number of hydrogen-bond donors (Lipinski definition) is 2. The largest absolute Gasteiger partial charge is 0.271 e. The molecule has 1 aromatic heterocycles. The van der Waals surface area contributed by atoms with Gasteiger partial charge in [-0.2, -0.15) is 0 Å². The van der Waals surface area contributed by atoms with Crippen molar-refractivity contribution < 1.29 is 4.39 Å². The normalized spacial score (nSPS) is 12.6. The van der Waals surface area contributed by atoms with Crippen LogP contribution in [0.25, 0.3) is 0 Å². The van der Waals surface area contributed by atoms with Crippen molar-refractivity contribution in [3.8, 4) is 0 Å². The van der Waals surface area contributed by atoms with Crippen molar-refractivity contribution in [3.05, 3.63) is 52.2 Å². The molecule has 1 aromatic carbocycles. The molecular formula is C12H14FN3S. The quantitative estimate of drug-likeness (QED) is 0.630. The second-order valence-corrected chi connectivity index (χ2v) is 4.80. The molecule has 0 fully saturated rings. The molecular weight excluding hydrogens is 237 g/mol. The number of nitrogens with one attached hydrogen (secondary N) is 1. The summed E-state index contributed by atoms with van der Waals surface area (Å²) in [6.45, 7) is 0. The van der Waals surface area contributed by atoms with Crippen LogP contribution in [0.2, 0.25) is 0 Å². The summed E-state index contributed by atoms with van der Waals surface area (Å²) in [6, 6.07) is 6.60. The average Bonchev–Trinajstić information content (AvgIpc) is 2.84. The van der Waals surface area contributed by atoms with Crippen LogP contribution in [-0.2, 0) is 12.8 Å². The highest BCUT2D eigenvalue weighted by Crippen LogP contribution is 2.11. The van der Waals surface area contributed by atoms with Gasteiger partial charge in [0.2, 0.25) is 0 Å². The summed E-state index contributed by atoms with van der Waals surface area (Å²) in [7, 11) is 0. The number of nitrogens with two attached hydrogens (primary N) is 1. The minimum absolute atomic E-state index is 0.117. The fourth-order valence-corrected chi connectivity index (χ4v) is 2.36. The summed E-state index contributed by atoms with van der Waals surface area (Å²) in [5.74, 6) is 5.30. The third-order valence-electron chi connectivity index (χ3n) is 2.54. The number of halogens is 1. The number of thiazole rings is 1. The lowest BCUT2D eigenvalue weighted by Crippen LogP contribution is -2.38. The molecule has 1 unspecified atom stereocenters. The molecule has 1 atom stereocenters. The van der Waals surface area contributed by atoms with Crippen molar-refractivity contribution in [1.82, 2.24) is 10.4 Å². The van der Waals surface area contributed by atoms with Gasteiger partial charge in [0.25, 0.3) is 0 Å². The lowest BCUT2D eigenvalue weighted by atomic mass is 10.0. The van der Waals surface area contributed by atoms with Crippen molar-refractivity contribution >= 4 is 11.3 Å². The summed E-state index contributed by atoms with van der Waals surface area (Å²) < 4.78 is 12.8. The van der Waals surface area contributed by atoms with Crippen LogP contribution in [0.15, 0.2) is 35.8 Å². The molecule has 0 spiro atoms. The number of benzene rings is 1.